The maximum Gasteiger partial charge on any atom is 0.141 e. The molecule has 1 aliphatic rings. The molecule has 0 aromatic carbocycles. The maximum atomic E-state index is 11.5. The van der Waals surface area contributed by atoms with Crippen LogP contribution in [0.2, 0.25) is 0 Å². The molecule has 1 aromatic rings. The van der Waals surface area contributed by atoms with Gasteiger partial charge in [0, 0.05) is 11.8 Å². The van der Waals surface area contributed by atoms with Crippen LogP contribution in [0.4, 0.5) is 0 Å². The third kappa shape index (κ3) is 1.90. The second kappa shape index (κ2) is 3.41. The minimum Gasteiger partial charge on any atom is -0.252 e. The van der Waals surface area contributed by atoms with Crippen LogP contribution in [0, 0.1) is 4.78 Å². The molecule has 0 bridgehead atoms. The summed E-state index contributed by atoms with van der Waals surface area (Å²) in [6.45, 7) is 2.01. The van der Waals surface area contributed by atoms with Crippen molar-refractivity contribution in [1.82, 2.24) is 9.97 Å². The molecule has 1 N–H and O–H groups in total. The topological polar surface area (TPSA) is 66.7 Å². The first kappa shape index (κ1) is 10.3. The average Bonchev–Trinajstić information content (AvgIpc) is 2.36. The van der Waals surface area contributed by atoms with Crippen LogP contribution >= 0.6 is 22.6 Å². The highest BCUT2D eigenvalue weighted by atomic mass is 127. The zero-order valence-electron chi connectivity index (χ0n) is 7.66. The second-order valence-electron chi connectivity index (χ2n) is 3.42. The van der Waals surface area contributed by atoms with E-state index < -0.39 is 9.73 Å². The largest absolute Gasteiger partial charge is 0.252 e. The number of alkyl halides is 1. The zero-order chi connectivity index (χ0) is 10.3. The van der Waals surface area contributed by atoms with Crippen molar-refractivity contribution in [1.29, 1.82) is 4.78 Å². The molecule has 76 valence electrons. The predicted molar refractivity (Wildman–Crippen MR) is 62.7 cm³/mol. The Hall–Kier alpha value is -0.240. The van der Waals surface area contributed by atoms with Gasteiger partial charge in [0.1, 0.15) is 5.82 Å². The number of aromatic nitrogens is 2. The summed E-state index contributed by atoms with van der Waals surface area (Å²) in [5.74, 6) is 1.38. The molecule has 6 heteroatoms. The Morgan fingerprint density at radius 1 is 1.64 bits per heavy atom. The van der Waals surface area contributed by atoms with Gasteiger partial charge in [0.25, 0.3) is 0 Å². The van der Waals surface area contributed by atoms with Crippen molar-refractivity contribution in [2.24, 2.45) is 0 Å². The molecule has 2 heterocycles. The van der Waals surface area contributed by atoms with Crippen molar-refractivity contribution >= 4 is 32.3 Å². The first-order chi connectivity index (χ1) is 6.48. The van der Waals surface area contributed by atoms with Crippen LogP contribution in [0.1, 0.15) is 27.9 Å². The van der Waals surface area contributed by atoms with E-state index in [2.05, 4.69) is 32.6 Å². The van der Waals surface area contributed by atoms with E-state index in [0.717, 1.165) is 17.1 Å². The van der Waals surface area contributed by atoms with Crippen molar-refractivity contribution < 1.29 is 4.21 Å². The Morgan fingerprint density at radius 2 is 2.36 bits per heavy atom. The summed E-state index contributed by atoms with van der Waals surface area (Å²) >= 11 is 2.24. The van der Waals surface area contributed by atoms with Gasteiger partial charge in [-0.2, -0.15) is 0 Å². The standard InChI is InChI=1S/C8H10IN3OS/c1-5(9)8-11-2-6-3-14(10,13)4-7(6)12-8/h2,5,10H,3-4H2,1H3. The van der Waals surface area contributed by atoms with E-state index in [0.29, 0.717) is 11.5 Å². The molecule has 0 fully saturated rings. The monoisotopic (exact) mass is 323 g/mol. The minimum absolute atomic E-state index is 0.250. The lowest BCUT2D eigenvalue weighted by Gasteiger charge is -2.02. The van der Waals surface area contributed by atoms with E-state index >= 15 is 0 Å². The summed E-state index contributed by atoms with van der Waals surface area (Å²) in [5, 5.41) is 0. The van der Waals surface area contributed by atoms with Crippen molar-refractivity contribution in [3.05, 3.63) is 23.3 Å². The van der Waals surface area contributed by atoms with Gasteiger partial charge in [0.05, 0.1) is 30.9 Å². The van der Waals surface area contributed by atoms with Crippen LogP contribution in [-0.2, 0) is 21.2 Å². The van der Waals surface area contributed by atoms with Gasteiger partial charge < -0.3 is 0 Å². The number of halogens is 1. The van der Waals surface area contributed by atoms with Crippen molar-refractivity contribution in [2.45, 2.75) is 22.4 Å². The van der Waals surface area contributed by atoms with E-state index in [-0.39, 0.29) is 3.92 Å². The normalized spacial score (nSPS) is 27.3. The second-order valence-corrected chi connectivity index (χ2v) is 7.49. The summed E-state index contributed by atoms with van der Waals surface area (Å²) in [5.41, 5.74) is 1.68. The molecular formula is C8H10IN3OS. The fraction of sp³-hybridized carbons (Fsp3) is 0.500. The lowest BCUT2D eigenvalue weighted by molar-refractivity contribution is 0.676. The quantitative estimate of drug-likeness (QED) is 0.635. The van der Waals surface area contributed by atoms with Crippen LogP contribution in [-0.4, -0.2) is 14.2 Å². The van der Waals surface area contributed by atoms with E-state index in [1.165, 1.54) is 0 Å². The highest BCUT2D eigenvalue weighted by Crippen LogP contribution is 2.26. The average molecular weight is 323 g/mol. The van der Waals surface area contributed by atoms with Gasteiger partial charge in [0.2, 0.25) is 0 Å². The number of nitrogens with zero attached hydrogens (tertiary/aromatic N) is 2. The molecule has 1 aromatic heterocycles. The van der Waals surface area contributed by atoms with E-state index in [9.17, 15) is 4.21 Å². The summed E-state index contributed by atoms with van der Waals surface area (Å²) in [6.07, 6.45) is 1.72. The lowest BCUT2D eigenvalue weighted by Crippen LogP contribution is -1.99. The molecule has 0 radical (unpaired) electrons. The van der Waals surface area contributed by atoms with Crippen LogP contribution in [0.5, 0.6) is 0 Å². The molecule has 0 saturated heterocycles. The van der Waals surface area contributed by atoms with Gasteiger partial charge >= 0.3 is 0 Å². The fourth-order valence-corrected chi connectivity index (χ4v) is 3.26. The molecule has 2 atom stereocenters. The summed E-state index contributed by atoms with van der Waals surface area (Å²) in [4.78, 5) is 8.52. The zero-order valence-corrected chi connectivity index (χ0v) is 10.6. The molecule has 0 aliphatic carbocycles. The van der Waals surface area contributed by atoms with Crippen molar-refractivity contribution in [2.75, 3.05) is 0 Å². The summed E-state index contributed by atoms with van der Waals surface area (Å²) in [7, 11) is -2.45. The molecule has 2 unspecified atom stereocenters. The maximum absolute atomic E-state index is 11.5. The number of hydrogen-bond donors (Lipinski definition) is 1. The van der Waals surface area contributed by atoms with Gasteiger partial charge in [-0.05, 0) is 6.92 Å². The minimum atomic E-state index is -2.45. The van der Waals surface area contributed by atoms with Gasteiger partial charge in [-0.3, -0.25) is 4.78 Å². The van der Waals surface area contributed by atoms with Gasteiger partial charge in [-0.25, -0.2) is 14.2 Å². The highest BCUT2D eigenvalue weighted by Gasteiger charge is 2.24. The molecular weight excluding hydrogens is 313 g/mol. The smallest absolute Gasteiger partial charge is 0.141 e. The Bertz CT molecular complexity index is 469. The highest BCUT2D eigenvalue weighted by molar-refractivity contribution is 14.1. The van der Waals surface area contributed by atoms with Crippen LogP contribution in [0.25, 0.3) is 0 Å². The fourth-order valence-electron chi connectivity index (χ4n) is 1.42. The van der Waals surface area contributed by atoms with Gasteiger partial charge in [-0.15, -0.1) is 0 Å². The third-order valence-electron chi connectivity index (χ3n) is 2.09. The molecule has 0 saturated carbocycles. The number of fused-ring (bicyclic) bond motifs is 1. The number of rotatable bonds is 1. The Kier molecular flexibility index (Phi) is 2.50. The molecule has 1 aliphatic heterocycles. The summed E-state index contributed by atoms with van der Waals surface area (Å²) in [6, 6.07) is 0. The first-order valence-electron chi connectivity index (χ1n) is 4.21. The van der Waals surface area contributed by atoms with E-state index in [1.807, 2.05) is 6.92 Å². The van der Waals surface area contributed by atoms with Crippen LogP contribution < -0.4 is 0 Å². The third-order valence-corrected chi connectivity index (χ3v) is 4.16. The number of nitrogens with one attached hydrogen (secondary N) is 1. The van der Waals surface area contributed by atoms with Crippen LogP contribution in [0.15, 0.2) is 6.20 Å². The van der Waals surface area contributed by atoms with E-state index in [4.69, 9.17) is 4.78 Å². The van der Waals surface area contributed by atoms with Gasteiger partial charge in [0.15, 0.2) is 0 Å². The molecule has 14 heavy (non-hydrogen) atoms. The van der Waals surface area contributed by atoms with Gasteiger partial charge in [-0.1, -0.05) is 22.6 Å². The summed E-state index contributed by atoms with van der Waals surface area (Å²) < 4.78 is 19.3. The molecule has 0 spiro atoms. The molecule has 0 amide bonds. The van der Waals surface area contributed by atoms with Crippen LogP contribution in [0.3, 0.4) is 0 Å². The Morgan fingerprint density at radius 3 is 3.00 bits per heavy atom. The molecule has 2 rings (SSSR count). The Labute approximate surface area is 96.7 Å². The SMILES string of the molecule is CC(I)c1ncc2c(n1)CS(=N)(=O)C2. The number of hydrogen-bond acceptors (Lipinski definition) is 4. The predicted octanol–water partition coefficient (Wildman–Crippen LogP) is 2.03. The van der Waals surface area contributed by atoms with Crippen molar-refractivity contribution in [3.8, 4) is 0 Å². The van der Waals surface area contributed by atoms with Crippen molar-refractivity contribution in [3.63, 3.8) is 0 Å². The Balaban J connectivity index is 2.45. The lowest BCUT2D eigenvalue weighted by atomic mass is 10.3. The molecule has 4 nitrogen and oxygen atoms in total. The van der Waals surface area contributed by atoms with E-state index in [1.54, 1.807) is 6.20 Å². The first-order valence-corrected chi connectivity index (χ1v) is 7.35.